The summed E-state index contributed by atoms with van der Waals surface area (Å²) in [5.74, 6) is 1.22. The summed E-state index contributed by atoms with van der Waals surface area (Å²) in [6.45, 7) is 13.3. The van der Waals surface area contributed by atoms with E-state index in [1.54, 1.807) is 18.0 Å². The average Bonchev–Trinajstić information content (AvgIpc) is 2.84. The lowest BCUT2D eigenvalue weighted by atomic mass is 10.1. The van der Waals surface area contributed by atoms with Gasteiger partial charge in [0.1, 0.15) is 11.6 Å². The third-order valence-corrected chi connectivity index (χ3v) is 6.67. The Bertz CT molecular complexity index is 886. The third kappa shape index (κ3) is 9.35. The maximum atomic E-state index is 13.2. The molecule has 1 amide bonds. The first-order valence-corrected chi connectivity index (χ1v) is 13.8. The number of aliphatic hydroxyl groups is 1. The van der Waals surface area contributed by atoms with E-state index >= 15 is 0 Å². The highest BCUT2D eigenvalue weighted by atomic mass is 32.2. The Hall–Kier alpha value is -2.29. The van der Waals surface area contributed by atoms with E-state index in [2.05, 4.69) is 54.5 Å². The van der Waals surface area contributed by atoms with Crippen molar-refractivity contribution in [3.05, 3.63) is 53.6 Å². The minimum absolute atomic E-state index is 0.128. The lowest BCUT2D eigenvalue weighted by Crippen LogP contribution is -2.40. The molecule has 1 aromatic carbocycles. The van der Waals surface area contributed by atoms with E-state index in [0.29, 0.717) is 29.9 Å². The van der Waals surface area contributed by atoms with Crippen LogP contribution in [0.25, 0.3) is 0 Å². The molecule has 0 aliphatic heterocycles. The van der Waals surface area contributed by atoms with E-state index in [4.69, 9.17) is 4.98 Å². The number of rotatable bonds is 15. The van der Waals surface area contributed by atoms with Gasteiger partial charge >= 0.3 is 0 Å². The van der Waals surface area contributed by atoms with Crippen LogP contribution in [-0.2, 0) is 6.42 Å². The lowest BCUT2D eigenvalue weighted by molar-refractivity contribution is 0.0916. The van der Waals surface area contributed by atoms with Gasteiger partial charge < -0.3 is 20.0 Å². The number of carbonyl (C=O) groups is 1. The molecule has 0 fully saturated rings. The SMILES string of the molecule is CCCN(SC)c1cc(C(=O)NC(CO)Cc2ccccc2)cc(NCCN(C(C)C)C(C)C)n1. The fraction of sp³-hybridized carbons (Fsp3) is 0.556. The Labute approximate surface area is 215 Å². The second-order valence-electron chi connectivity index (χ2n) is 9.28. The van der Waals surface area contributed by atoms with Gasteiger partial charge in [0.15, 0.2) is 0 Å². The minimum Gasteiger partial charge on any atom is -0.394 e. The molecular formula is C27H43N5O2S. The zero-order valence-electron chi connectivity index (χ0n) is 22.1. The summed E-state index contributed by atoms with van der Waals surface area (Å²) in [5.41, 5.74) is 1.60. The predicted octanol–water partition coefficient (Wildman–Crippen LogP) is 4.44. The molecule has 3 N–H and O–H groups in total. The van der Waals surface area contributed by atoms with Gasteiger partial charge in [-0.15, -0.1) is 0 Å². The second kappa shape index (κ2) is 15.0. The molecule has 35 heavy (non-hydrogen) atoms. The number of aromatic nitrogens is 1. The first-order valence-electron chi connectivity index (χ1n) is 12.6. The molecule has 194 valence electrons. The fourth-order valence-corrected chi connectivity index (χ4v) is 4.77. The molecule has 0 radical (unpaired) electrons. The Morgan fingerprint density at radius 2 is 1.77 bits per heavy atom. The summed E-state index contributed by atoms with van der Waals surface area (Å²) in [6, 6.07) is 14.1. The van der Waals surface area contributed by atoms with E-state index in [-0.39, 0.29) is 18.6 Å². The summed E-state index contributed by atoms with van der Waals surface area (Å²) in [6.07, 6.45) is 3.56. The Morgan fingerprint density at radius 1 is 1.09 bits per heavy atom. The summed E-state index contributed by atoms with van der Waals surface area (Å²) in [7, 11) is 0. The minimum atomic E-state index is -0.365. The van der Waals surface area contributed by atoms with Gasteiger partial charge in [-0.2, -0.15) is 0 Å². The summed E-state index contributed by atoms with van der Waals surface area (Å²) in [5, 5.41) is 16.3. The molecule has 0 spiro atoms. The van der Waals surface area contributed by atoms with Crippen LogP contribution in [0.1, 0.15) is 57.0 Å². The number of pyridine rings is 1. The number of nitrogens with zero attached hydrogens (tertiary/aromatic N) is 3. The van der Waals surface area contributed by atoms with Crippen LogP contribution >= 0.6 is 11.9 Å². The molecule has 2 rings (SSSR count). The number of nitrogens with one attached hydrogen (secondary N) is 2. The van der Waals surface area contributed by atoms with Crippen LogP contribution in [0.5, 0.6) is 0 Å². The molecule has 0 saturated heterocycles. The topological polar surface area (TPSA) is 80.7 Å². The van der Waals surface area contributed by atoms with Gasteiger partial charge in [0.2, 0.25) is 0 Å². The first-order chi connectivity index (χ1) is 16.8. The van der Waals surface area contributed by atoms with Crippen molar-refractivity contribution in [2.24, 2.45) is 0 Å². The van der Waals surface area contributed by atoms with Crippen molar-refractivity contribution in [3.8, 4) is 0 Å². The van der Waals surface area contributed by atoms with Gasteiger partial charge in [-0.05, 0) is 58.2 Å². The third-order valence-electron chi connectivity index (χ3n) is 5.86. The Balaban J connectivity index is 2.21. The zero-order chi connectivity index (χ0) is 25.8. The van der Waals surface area contributed by atoms with Crippen LogP contribution in [0.2, 0.25) is 0 Å². The quantitative estimate of drug-likeness (QED) is 0.311. The van der Waals surface area contributed by atoms with Gasteiger partial charge in [-0.1, -0.05) is 49.2 Å². The van der Waals surface area contributed by atoms with Crippen molar-refractivity contribution >= 4 is 29.5 Å². The van der Waals surface area contributed by atoms with Crippen LogP contribution in [0.3, 0.4) is 0 Å². The highest BCUT2D eigenvalue weighted by Crippen LogP contribution is 2.23. The molecule has 8 heteroatoms. The molecule has 7 nitrogen and oxygen atoms in total. The number of anilines is 2. The molecule has 1 aromatic heterocycles. The predicted molar refractivity (Wildman–Crippen MR) is 149 cm³/mol. The highest BCUT2D eigenvalue weighted by Gasteiger charge is 2.18. The van der Waals surface area contributed by atoms with Crippen molar-refractivity contribution in [3.63, 3.8) is 0 Å². The molecule has 0 bridgehead atoms. The van der Waals surface area contributed by atoms with Crippen LogP contribution in [0.15, 0.2) is 42.5 Å². The highest BCUT2D eigenvalue weighted by molar-refractivity contribution is 7.99. The van der Waals surface area contributed by atoms with Crippen molar-refractivity contribution in [1.82, 2.24) is 15.2 Å². The maximum Gasteiger partial charge on any atom is 0.251 e. The number of hydrogen-bond acceptors (Lipinski definition) is 7. The maximum absolute atomic E-state index is 13.2. The summed E-state index contributed by atoms with van der Waals surface area (Å²) >= 11 is 1.60. The number of amides is 1. The van der Waals surface area contributed by atoms with Gasteiger partial charge in [0, 0.05) is 43.5 Å². The number of hydrogen-bond donors (Lipinski definition) is 3. The van der Waals surface area contributed by atoms with E-state index in [9.17, 15) is 9.90 Å². The van der Waals surface area contributed by atoms with Crippen LogP contribution in [0.4, 0.5) is 11.6 Å². The summed E-state index contributed by atoms with van der Waals surface area (Å²) in [4.78, 5) is 20.5. The van der Waals surface area contributed by atoms with E-state index in [1.165, 1.54) is 0 Å². The van der Waals surface area contributed by atoms with Crippen molar-refractivity contribution in [2.75, 3.05) is 42.1 Å². The van der Waals surface area contributed by atoms with Crippen molar-refractivity contribution < 1.29 is 9.90 Å². The first kappa shape index (κ1) is 28.9. The largest absolute Gasteiger partial charge is 0.394 e. The smallest absolute Gasteiger partial charge is 0.251 e. The molecule has 2 aromatic rings. The molecule has 0 saturated carbocycles. The van der Waals surface area contributed by atoms with E-state index < -0.39 is 0 Å². The van der Waals surface area contributed by atoms with Crippen LogP contribution in [-0.4, -0.2) is 71.5 Å². The van der Waals surface area contributed by atoms with E-state index in [0.717, 1.165) is 37.4 Å². The molecular weight excluding hydrogens is 458 g/mol. The number of benzene rings is 1. The Kier molecular flexibility index (Phi) is 12.4. The monoisotopic (exact) mass is 501 g/mol. The van der Waals surface area contributed by atoms with Gasteiger partial charge in [0.25, 0.3) is 5.91 Å². The molecule has 1 heterocycles. The second-order valence-corrected chi connectivity index (χ2v) is 10.1. The Morgan fingerprint density at radius 3 is 2.34 bits per heavy atom. The van der Waals surface area contributed by atoms with Gasteiger partial charge in [-0.25, -0.2) is 4.98 Å². The zero-order valence-corrected chi connectivity index (χ0v) is 22.9. The summed E-state index contributed by atoms with van der Waals surface area (Å²) < 4.78 is 2.10. The normalized spacial score (nSPS) is 12.3. The standard InChI is InChI=1S/C27H43N5O2S/c1-7-14-32(35-6)26-18-23(17-25(30-26)28-13-15-31(20(2)3)21(4)5)27(34)29-24(19-33)16-22-11-9-8-10-12-22/h8-12,17-18,20-21,24,33H,7,13-16,19H2,1-6H3,(H,28,30)(H,29,34). The molecule has 1 unspecified atom stereocenters. The lowest BCUT2D eigenvalue weighted by Gasteiger charge is -2.30. The fourth-order valence-electron chi connectivity index (χ4n) is 4.12. The van der Waals surface area contributed by atoms with Crippen molar-refractivity contribution in [2.45, 2.75) is 65.6 Å². The molecule has 0 aliphatic rings. The number of aliphatic hydroxyl groups excluding tert-OH is 1. The molecule has 1 atom stereocenters. The number of carbonyl (C=O) groups excluding carboxylic acids is 1. The van der Waals surface area contributed by atoms with E-state index in [1.807, 2.05) is 42.7 Å². The average molecular weight is 502 g/mol. The van der Waals surface area contributed by atoms with Gasteiger partial charge in [0.05, 0.1) is 12.6 Å². The van der Waals surface area contributed by atoms with Gasteiger partial charge in [-0.3, -0.25) is 9.69 Å². The van der Waals surface area contributed by atoms with Crippen LogP contribution < -0.4 is 14.9 Å². The van der Waals surface area contributed by atoms with Crippen LogP contribution in [0, 0.1) is 0 Å². The molecule has 0 aliphatic carbocycles. The van der Waals surface area contributed by atoms with Crippen molar-refractivity contribution in [1.29, 1.82) is 0 Å².